The van der Waals surface area contributed by atoms with Gasteiger partial charge in [-0.15, -0.1) is 0 Å². The smallest absolute Gasteiger partial charge is 0.110 e. The molecule has 0 aromatic carbocycles. The van der Waals surface area contributed by atoms with Crippen LogP contribution in [0.3, 0.4) is 0 Å². The first-order valence-corrected chi connectivity index (χ1v) is 3.15. The molecule has 0 aliphatic heterocycles. The zero-order chi connectivity index (χ0) is 7.28. The predicted molar refractivity (Wildman–Crippen MR) is 42.4 cm³/mol. The highest BCUT2D eigenvalue weighted by Gasteiger charge is 1.80. The number of hydrogen-bond acceptors (Lipinski definition) is 1. The second-order valence-electron chi connectivity index (χ2n) is 2.43. The van der Waals surface area contributed by atoms with Crippen LogP contribution < -0.4 is 0 Å². The van der Waals surface area contributed by atoms with Gasteiger partial charge in [0.25, 0.3) is 0 Å². The zero-order valence-electron chi connectivity index (χ0n) is 6.55. The Labute approximate surface area is 56.7 Å². The zero-order valence-corrected chi connectivity index (χ0v) is 6.55. The molecule has 0 radical (unpaired) electrons. The van der Waals surface area contributed by atoms with E-state index in [1.54, 1.807) is 6.34 Å². The summed E-state index contributed by atoms with van der Waals surface area (Å²) in [5.74, 6) is 0. The minimum atomic E-state index is 0.355. The van der Waals surface area contributed by atoms with Gasteiger partial charge in [-0.2, -0.15) is 0 Å². The lowest BCUT2D eigenvalue weighted by molar-refractivity contribution is 0.839. The average molecular weight is 126 g/mol. The van der Waals surface area contributed by atoms with Gasteiger partial charge in [0.15, 0.2) is 0 Å². The molecule has 0 saturated heterocycles. The molecule has 0 aliphatic carbocycles. The van der Waals surface area contributed by atoms with Crippen LogP contribution in [0.2, 0.25) is 0 Å². The Morgan fingerprint density at radius 3 is 2.22 bits per heavy atom. The third-order valence-electron chi connectivity index (χ3n) is 0.681. The van der Waals surface area contributed by atoms with E-state index in [0.29, 0.717) is 6.04 Å². The average Bonchev–Trinajstić information content (AvgIpc) is 1.63. The summed E-state index contributed by atoms with van der Waals surface area (Å²) in [6, 6.07) is 0.355. The summed E-state index contributed by atoms with van der Waals surface area (Å²) in [4.78, 5) is 8.04. The lowest BCUT2D eigenvalue weighted by Crippen LogP contribution is -1.88. The number of hydrogen-bond donors (Lipinski definition) is 0. The Morgan fingerprint density at radius 2 is 1.89 bits per heavy atom. The second-order valence-corrected chi connectivity index (χ2v) is 2.43. The molecule has 2 heteroatoms. The Kier molecular flexibility index (Phi) is 3.93. The van der Waals surface area contributed by atoms with Crippen LogP contribution >= 0.6 is 0 Å². The van der Waals surface area contributed by atoms with Crippen molar-refractivity contribution in [3.8, 4) is 0 Å². The molecule has 0 aliphatic rings. The molecule has 0 N–H and O–H groups in total. The summed E-state index contributed by atoms with van der Waals surface area (Å²) in [6.45, 7) is 7.95. The van der Waals surface area contributed by atoms with E-state index in [1.165, 1.54) is 0 Å². The van der Waals surface area contributed by atoms with Crippen molar-refractivity contribution in [1.82, 2.24) is 0 Å². The first kappa shape index (κ1) is 8.34. The first-order valence-electron chi connectivity index (χ1n) is 3.15. The van der Waals surface area contributed by atoms with Crippen molar-refractivity contribution >= 4 is 12.1 Å². The van der Waals surface area contributed by atoms with Crippen molar-refractivity contribution in [3.63, 3.8) is 0 Å². The minimum Gasteiger partial charge on any atom is -0.271 e. The highest BCUT2D eigenvalue weighted by molar-refractivity contribution is 5.86. The van der Waals surface area contributed by atoms with Gasteiger partial charge < -0.3 is 0 Å². The Balaban J connectivity index is 3.60. The monoisotopic (exact) mass is 126 g/mol. The van der Waals surface area contributed by atoms with E-state index in [2.05, 4.69) is 9.98 Å². The van der Waals surface area contributed by atoms with Gasteiger partial charge in [0.05, 0.1) is 0 Å². The van der Waals surface area contributed by atoms with Gasteiger partial charge in [0, 0.05) is 11.8 Å². The molecule has 0 aromatic rings. The third-order valence-corrected chi connectivity index (χ3v) is 0.681. The van der Waals surface area contributed by atoms with Gasteiger partial charge in [-0.1, -0.05) is 0 Å². The largest absolute Gasteiger partial charge is 0.271 e. The maximum atomic E-state index is 4.05. The molecule has 2 nitrogen and oxygen atoms in total. The third kappa shape index (κ3) is 7.34. The van der Waals surface area contributed by atoms with Crippen molar-refractivity contribution in [2.24, 2.45) is 9.98 Å². The molecular formula is C7H14N2. The molecule has 0 atom stereocenters. The fraction of sp³-hybridized carbons (Fsp3) is 0.714. The Bertz CT molecular complexity index is 119. The van der Waals surface area contributed by atoms with E-state index >= 15 is 0 Å². The van der Waals surface area contributed by atoms with Crippen LogP contribution in [0, 0.1) is 0 Å². The van der Waals surface area contributed by atoms with E-state index in [4.69, 9.17) is 0 Å². The first-order chi connectivity index (χ1) is 4.13. The SMILES string of the molecule is CC(C)=N/C=N\C(C)C. The van der Waals surface area contributed by atoms with Gasteiger partial charge in [-0.3, -0.25) is 4.99 Å². The molecule has 0 fully saturated rings. The molecular weight excluding hydrogens is 112 g/mol. The standard InChI is InChI=1S/C7H14N2/c1-6(2)8-5-9-7(3)4/h5-6H,1-4H3/b8-5-. The fourth-order valence-corrected chi connectivity index (χ4v) is 0.282. The van der Waals surface area contributed by atoms with Gasteiger partial charge in [0.1, 0.15) is 6.34 Å². The van der Waals surface area contributed by atoms with E-state index < -0.39 is 0 Å². The number of aliphatic imine (C=N–C) groups is 2. The predicted octanol–water partition coefficient (Wildman–Crippen LogP) is 1.90. The summed E-state index contributed by atoms with van der Waals surface area (Å²) < 4.78 is 0. The summed E-state index contributed by atoms with van der Waals surface area (Å²) in [5.41, 5.74) is 1.04. The molecule has 9 heavy (non-hydrogen) atoms. The van der Waals surface area contributed by atoms with Crippen LogP contribution in [-0.2, 0) is 0 Å². The lowest BCUT2D eigenvalue weighted by Gasteiger charge is -1.90. The van der Waals surface area contributed by atoms with Crippen LogP contribution in [0.1, 0.15) is 27.7 Å². The van der Waals surface area contributed by atoms with E-state index in [1.807, 2.05) is 27.7 Å². The molecule has 52 valence electrons. The Morgan fingerprint density at radius 1 is 1.33 bits per heavy atom. The highest BCUT2D eigenvalue weighted by atomic mass is 14.9. The second kappa shape index (κ2) is 4.24. The van der Waals surface area contributed by atoms with Crippen molar-refractivity contribution in [2.75, 3.05) is 0 Å². The van der Waals surface area contributed by atoms with Crippen LogP contribution in [-0.4, -0.2) is 18.1 Å². The molecule has 0 unspecified atom stereocenters. The topological polar surface area (TPSA) is 24.7 Å². The summed E-state index contributed by atoms with van der Waals surface area (Å²) in [5, 5.41) is 0. The highest BCUT2D eigenvalue weighted by Crippen LogP contribution is 1.82. The quantitative estimate of drug-likeness (QED) is 0.399. The van der Waals surface area contributed by atoms with Gasteiger partial charge >= 0.3 is 0 Å². The van der Waals surface area contributed by atoms with Crippen molar-refractivity contribution in [2.45, 2.75) is 33.7 Å². The van der Waals surface area contributed by atoms with E-state index in [9.17, 15) is 0 Å². The lowest BCUT2D eigenvalue weighted by atomic mass is 10.4. The molecule has 0 amide bonds. The van der Waals surface area contributed by atoms with Crippen molar-refractivity contribution < 1.29 is 0 Å². The van der Waals surface area contributed by atoms with Crippen LogP contribution in [0.4, 0.5) is 0 Å². The van der Waals surface area contributed by atoms with Crippen molar-refractivity contribution in [3.05, 3.63) is 0 Å². The molecule has 0 spiro atoms. The maximum Gasteiger partial charge on any atom is 0.110 e. The van der Waals surface area contributed by atoms with Crippen LogP contribution in [0.5, 0.6) is 0 Å². The molecule has 0 bridgehead atoms. The normalized spacial score (nSPS) is 10.8. The van der Waals surface area contributed by atoms with Gasteiger partial charge in [0.2, 0.25) is 0 Å². The molecule has 0 aromatic heterocycles. The van der Waals surface area contributed by atoms with Crippen LogP contribution in [0.15, 0.2) is 9.98 Å². The number of rotatable bonds is 2. The minimum absolute atomic E-state index is 0.355. The summed E-state index contributed by atoms with van der Waals surface area (Å²) in [7, 11) is 0. The molecule has 0 saturated carbocycles. The van der Waals surface area contributed by atoms with Gasteiger partial charge in [-0.25, -0.2) is 4.99 Å². The Hall–Kier alpha value is -0.660. The van der Waals surface area contributed by atoms with Gasteiger partial charge in [-0.05, 0) is 27.7 Å². The molecule has 0 rings (SSSR count). The van der Waals surface area contributed by atoms with Crippen molar-refractivity contribution in [1.29, 1.82) is 0 Å². The molecule has 0 heterocycles. The summed E-state index contributed by atoms with van der Waals surface area (Å²) >= 11 is 0. The summed E-state index contributed by atoms with van der Waals surface area (Å²) in [6.07, 6.45) is 1.61. The maximum absolute atomic E-state index is 4.05. The number of nitrogens with zero attached hydrogens (tertiary/aromatic N) is 2. The fourth-order valence-electron chi connectivity index (χ4n) is 0.282. The van der Waals surface area contributed by atoms with E-state index in [0.717, 1.165) is 5.71 Å². The van der Waals surface area contributed by atoms with Crippen LogP contribution in [0.25, 0.3) is 0 Å². The van der Waals surface area contributed by atoms with E-state index in [-0.39, 0.29) is 0 Å².